The molecule has 5 nitrogen and oxygen atoms in total. The summed E-state index contributed by atoms with van der Waals surface area (Å²) in [6, 6.07) is 9.14. The fraction of sp³-hybridized carbons (Fsp3) is 0. The lowest BCUT2D eigenvalue weighted by Crippen LogP contribution is -1.99. The van der Waals surface area contributed by atoms with Crippen LogP contribution in [0.1, 0.15) is 0 Å². The zero-order valence-corrected chi connectivity index (χ0v) is 12.5. The maximum atomic E-state index is 6.14. The van der Waals surface area contributed by atoms with Gasteiger partial charge < -0.3 is 5.73 Å². The Kier molecular flexibility index (Phi) is 3.42. The van der Waals surface area contributed by atoms with E-state index in [1.165, 1.54) is 4.68 Å². The second-order valence-electron chi connectivity index (χ2n) is 4.10. The Balaban J connectivity index is 2.02. The quantitative estimate of drug-likeness (QED) is 0.720. The number of pyridine rings is 1. The van der Waals surface area contributed by atoms with Gasteiger partial charge in [-0.25, -0.2) is 14.6 Å². The van der Waals surface area contributed by atoms with E-state index in [9.17, 15) is 0 Å². The average Bonchev–Trinajstić information content (AvgIpc) is 2.88. The highest BCUT2D eigenvalue weighted by molar-refractivity contribution is 9.10. The highest BCUT2D eigenvalue weighted by atomic mass is 79.9. The number of benzene rings is 1. The predicted molar refractivity (Wildman–Crippen MR) is 81.7 cm³/mol. The molecule has 0 atom stereocenters. The highest BCUT2D eigenvalue weighted by Crippen LogP contribution is 2.23. The van der Waals surface area contributed by atoms with E-state index in [2.05, 4.69) is 31.0 Å². The van der Waals surface area contributed by atoms with Crippen LogP contribution in [0.2, 0.25) is 5.02 Å². The molecule has 7 heteroatoms. The van der Waals surface area contributed by atoms with Crippen LogP contribution < -0.4 is 5.73 Å². The van der Waals surface area contributed by atoms with Crippen LogP contribution in [-0.2, 0) is 0 Å². The molecule has 0 aliphatic rings. The van der Waals surface area contributed by atoms with Crippen LogP contribution in [-0.4, -0.2) is 19.7 Å². The van der Waals surface area contributed by atoms with E-state index in [-0.39, 0.29) is 0 Å². The van der Waals surface area contributed by atoms with Gasteiger partial charge in [0, 0.05) is 21.9 Å². The third-order valence-corrected chi connectivity index (χ3v) is 3.35. The Morgan fingerprint density at radius 1 is 1.20 bits per heavy atom. The number of hydrogen-bond acceptors (Lipinski definition) is 4. The molecule has 0 saturated carbocycles. The van der Waals surface area contributed by atoms with Crippen molar-refractivity contribution in [3.8, 4) is 17.2 Å². The van der Waals surface area contributed by atoms with E-state index in [0.29, 0.717) is 22.4 Å². The fourth-order valence-corrected chi connectivity index (χ4v) is 2.47. The third-order valence-electron chi connectivity index (χ3n) is 2.64. The van der Waals surface area contributed by atoms with Gasteiger partial charge in [0.15, 0.2) is 11.6 Å². The van der Waals surface area contributed by atoms with Crippen molar-refractivity contribution in [2.45, 2.75) is 0 Å². The highest BCUT2D eigenvalue weighted by Gasteiger charge is 2.10. The molecule has 20 heavy (non-hydrogen) atoms. The molecule has 2 aromatic heterocycles. The first-order valence-electron chi connectivity index (χ1n) is 5.72. The molecule has 0 saturated heterocycles. The maximum Gasteiger partial charge on any atom is 0.181 e. The number of aromatic nitrogens is 4. The van der Waals surface area contributed by atoms with Gasteiger partial charge in [-0.1, -0.05) is 23.7 Å². The van der Waals surface area contributed by atoms with Gasteiger partial charge in [0.05, 0.1) is 5.02 Å². The standard InChI is InChI=1S/C13H9BrClN5/c14-9-5-11(15)13(17-6-9)20-7-18-12(19-20)8-2-1-3-10(16)4-8/h1-7H,16H2. The first-order valence-corrected chi connectivity index (χ1v) is 6.89. The van der Waals surface area contributed by atoms with Crippen LogP contribution in [0.3, 0.4) is 0 Å². The lowest BCUT2D eigenvalue weighted by atomic mass is 10.2. The topological polar surface area (TPSA) is 69.6 Å². The molecule has 0 amide bonds. The van der Waals surface area contributed by atoms with Gasteiger partial charge in [-0.05, 0) is 34.1 Å². The lowest BCUT2D eigenvalue weighted by molar-refractivity contribution is 0.847. The second kappa shape index (κ2) is 5.22. The number of nitrogens with zero attached hydrogens (tertiary/aromatic N) is 4. The molecule has 0 aliphatic carbocycles. The van der Waals surface area contributed by atoms with E-state index in [1.807, 2.05) is 24.3 Å². The number of rotatable bonds is 2. The largest absolute Gasteiger partial charge is 0.399 e. The summed E-state index contributed by atoms with van der Waals surface area (Å²) in [5.74, 6) is 1.09. The zero-order valence-electron chi connectivity index (χ0n) is 10.2. The minimum Gasteiger partial charge on any atom is -0.399 e. The van der Waals surface area contributed by atoms with Crippen molar-refractivity contribution in [1.82, 2.24) is 19.7 Å². The van der Waals surface area contributed by atoms with Crippen LogP contribution in [0.15, 0.2) is 47.3 Å². The van der Waals surface area contributed by atoms with Gasteiger partial charge in [0.1, 0.15) is 6.33 Å². The SMILES string of the molecule is Nc1cccc(-c2ncn(-c3ncc(Br)cc3Cl)n2)c1. The van der Waals surface area contributed by atoms with Crippen LogP contribution in [0.4, 0.5) is 5.69 Å². The number of nitrogen functional groups attached to an aromatic ring is 1. The van der Waals surface area contributed by atoms with Crippen molar-refractivity contribution in [3.63, 3.8) is 0 Å². The summed E-state index contributed by atoms with van der Waals surface area (Å²) in [6.45, 7) is 0. The molecule has 0 spiro atoms. The molecule has 0 bridgehead atoms. The number of anilines is 1. The first kappa shape index (κ1) is 13.1. The van der Waals surface area contributed by atoms with Gasteiger partial charge in [-0.2, -0.15) is 0 Å². The molecule has 2 N–H and O–H groups in total. The van der Waals surface area contributed by atoms with E-state index in [0.717, 1.165) is 10.0 Å². The number of hydrogen-bond donors (Lipinski definition) is 1. The summed E-state index contributed by atoms with van der Waals surface area (Å²) in [7, 11) is 0. The Morgan fingerprint density at radius 2 is 2.05 bits per heavy atom. The minimum atomic E-state index is 0.489. The zero-order chi connectivity index (χ0) is 14.1. The summed E-state index contributed by atoms with van der Waals surface area (Å²) in [4.78, 5) is 8.48. The van der Waals surface area contributed by atoms with E-state index >= 15 is 0 Å². The van der Waals surface area contributed by atoms with Crippen LogP contribution in [0, 0.1) is 0 Å². The summed E-state index contributed by atoms with van der Waals surface area (Å²) in [6.07, 6.45) is 3.23. The second-order valence-corrected chi connectivity index (χ2v) is 5.42. The van der Waals surface area contributed by atoms with E-state index in [1.54, 1.807) is 18.6 Å². The molecule has 100 valence electrons. The summed E-state index contributed by atoms with van der Waals surface area (Å²) in [5.41, 5.74) is 7.26. The van der Waals surface area contributed by atoms with Gasteiger partial charge >= 0.3 is 0 Å². The Morgan fingerprint density at radius 3 is 2.80 bits per heavy atom. The molecule has 0 aliphatic heterocycles. The van der Waals surface area contributed by atoms with Gasteiger partial charge in [-0.15, -0.1) is 5.10 Å². The van der Waals surface area contributed by atoms with Gasteiger partial charge in [0.25, 0.3) is 0 Å². The summed E-state index contributed by atoms with van der Waals surface area (Å²) < 4.78 is 2.34. The van der Waals surface area contributed by atoms with Crippen molar-refractivity contribution >= 4 is 33.2 Å². The molecule has 0 radical (unpaired) electrons. The van der Waals surface area contributed by atoms with Crippen molar-refractivity contribution < 1.29 is 0 Å². The number of halogens is 2. The Labute approximate surface area is 128 Å². The normalized spacial score (nSPS) is 10.7. The van der Waals surface area contributed by atoms with Crippen LogP contribution in [0.5, 0.6) is 0 Å². The molecule has 1 aromatic carbocycles. The maximum absolute atomic E-state index is 6.14. The minimum absolute atomic E-state index is 0.489. The smallest absolute Gasteiger partial charge is 0.181 e. The van der Waals surface area contributed by atoms with Crippen LogP contribution in [0.25, 0.3) is 17.2 Å². The fourth-order valence-electron chi connectivity index (χ4n) is 1.75. The van der Waals surface area contributed by atoms with E-state index < -0.39 is 0 Å². The molecule has 0 fully saturated rings. The monoisotopic (exact) mass is 349 g/mol. The lowest BCUT2D eigenvalue weighted by Gasteiger charge is -2.02. The summed E-state index contributed by atoms with van der Waals surface area (Å²) in [5, 5.41) is 4.86. The number of nitrogens with two attached hydrogens (primary N) is 1. The Bertz CT molecular complexity index is 771. The molecule has 0 unspecified atom stereocenters. The molecule has 3 aromatic rings. The van der Waals surface area contributed by atoms with E-state index in [4.69, 9.17) is 17.3 Å². The first-order chi connectivity index (χ1) is 9.63. The Hall–Kier alpha value is -1.92. The molecule has 3 rings (SSSR count). The third kappa shape index (κ3) is 2.52. The van der Waals surface area contributed by atoms with Crippen molar-refractivity contribution in [2.24, 2.45) is 0 Å². The average molecular weight is 351 g/mol. The summed E-state index contributed by atoms with van der Waals surface area (Å²) >= 11 is 9.46. The molecule has 2 heterocycles. The van der Waals surface area contributed by atoms with Crippen molar-refractivity contribution in [3.05, 3.63) is 52.4 Å². The van der Waals surface area contributed by atoms with Crippen molar-refractivity contribution in [2.75, 3.05) is 5.73 Å². The van der Waals surface area contributed by atoms with Crippen LogP contribution >= 0.6 is 27.5 Å². The predicted octanol–water partition coefficient (Wildman–Crippen LogP) is 3.33. The van der Waals surface area contributed by atoms with Crippen molar-refractivity contribution in [1.29, 1.82) is 0 Å². The molecular weight excluding hydrogens is 342 g/mol. The molecular formula is C13H9BrClN5. The van der Waals surface area contributed by atoms with Gasteiger partial charge in [0.2, 0.25) is 0 Å². The van der Waals surface area contributed by atoms with Gasteiger partial charge in [-0.3, -0.25) is 0 Å².